The van der Waals surface area contributed by atoms with Gasteiger partial charge in [0.05, 0.1) is 28.9 Å². The van der Waals surface area contributed by atoms with Crippen molar-refractivity contribution in [3.63, 3.8) is 0 Å². The Hall–Kier alpha value is -4.03. The SMILES string of the molecule is COC(=O)c1ccc(C=c2sc3n(c2=O)C(c2ccc(C)cc2)C2=C(N=3)c3ccccc3CC2)cc1. The molecule has 1 aromatic heterocycles. The molecule has 1 aliphatic carbocycles. The summed E-state index contributed by atoms with van der Waals surface area (Å²) in [6.45, 7) is 2.07. The van der Waals surface area contributed by atoms with Gasteiger partial charge in [0, 0.05) is 5.56 Å². The first-order valence-electron chi connectivity index (χ1n) is 11.9. The van der Waals surface area contributed by atoms with Gasteiger partial charge in [0.25, 0.3) is 5.56 Å². The zero-order valence-electron chi connectivity index (χ0n) is 20.0. The summed E-state index contributed by atoms with van der Waals surface area (Å²) in [5, 5.41) is 0. The third-order valence-electron chi connectivity index (χ3n) is 6.90. The number of rotatable bonds is 3. The number of ether oxygens (including phenoxy) is 1. The van der Waals surface area contributed by atoms with E-state index in [0.717, 1.165) is 35.2 Å². The Bertz CT molecular complexity index is 1710. The molecule has 36 heavy (non-hydrogen) atoms. The van der Waals surface area contributed by atoms with E-state index in [4.69, 9.17) is 9.73 Å². The fourth-order valence-corrected chi connectivity index (χ4v) is 6.06. The maximum Gasteiger partial charge on any atom is 0.337 e. The Morgan fingerprint density at radius 3 is 2.53 bits per heavy atom. The molecule has 1 unspecified atom stereocenters. The van der Waals surface area contributed by atoms with E-state index < -0.39 is 0 Å². The van der Waals surface area contributed by atoms with Gasteiger partial charge in [0.1, 0.15) is 0 Å². The normalized spacial score (nSPS) is 16.6. The molecule has 0 saturated heterocycles. The highest BCUT2D eigenvalue weighted by Gasteiger charge is 2.32. The van der Waals surface area contributed by atoms with Crippen molar-refractivity contribution >= 4 is 29.1 Å². The number of thiazole rings is 1. The first-order valence-corrected chi connectivity index (χ1v) is 12.7. The summed E-state index contributed by atoms with van der Waals surface area (Å²) in [5.74, 6) is -0.384. The third-order valence-corrected chi connectivity index (χ3v) is 7.88. The molecule has 2 heterocycles. The molecule has 6 rings (SSSR count). The third kappa shape index (κ3) is 3.74. The Kier molecular flexibility index (Phi) is 5.53. The highest BCUT2D eigenvalue weighted by atomic mass is 32.1. The molecule has 0 spiro atoms. The topological polar surface area (TPSA) is 60.7 Å². The van der Waals surface area contributed by atoms with Crippen molar-refractivity contribution in [1.29, 1.82) is 0 Å². The minimum absolute atomic E-state index is 0.0493. The van der Waals surface area contributed by atoms with Crippen LogP contribution in [0, 0.1) is 6.92 Å². The number of fused-ring (bicyclic) bond motifs is 3. The quantitative estimate of drug-likeness (QED) is 0.398. The Morgan fingerprint density at radius 2 is 1.78 bits per heavy atom. The standard InChI is InChI=1S/C30H24N2O3S/c1-18-7-11-21(12-8-18)27-24-16-15-20-5-3-4-6-23(20)26(24)31-30-32(27)28(33)25(36-30)17-19-9-13-22(14-10-19)29(34)35-2/h3-14,17,27H,15-16H2,1-2H3. The second-order valence-electron chi connectivity index (χ2n) is 9.14. The van der Waals surface area contributed by atoms with Crippen molar-refractivity contribution in [2.45, 2.75) is 25.8 Å². The Labute approximate surface area is 212 Å². The lowest BCUT2D eigenvalue weighted by Crippen LogP contribution is -2.38. The summed E-state index contributed by atoms with van der Waals surface area (Å²) in [6, 6.07) is 23.8. The minimum atomic E-state index is -0.384. The predicted molar refractivity (Wildman–Crippen MR) is 142 cm³/mol. The van der Waals surface area contributed by atoms with Gasteiger partial charge in [-0.1, -0.05) is 77.6 Å². The summed E-state index contributed by atoms with van der Waals surface area (Å²) in [5.41, 5.74) is 8.20. The molecule has 3 aromatic carbocycles. The summed E-state index contributed by atoms with van der Waals surface area (Å²) in [6.07, 6.45) is 3.67. The van der Waals surface area contributed by atoms with Gasteiger partial charge in [-0.3, -0.25) is 9.36 Å². The number of methoxy groups -OCH3 is 1. The first kappa shape index (κ1) is 22.4. The van der Waals surface area contributed by atoms with E-state index in [1.165, 1.54) is 35.1 Å². The number of aryl methyl sites for hydroxylation is 2. The molecular formula is C30H24N2O3S. The summed E-state index contributed by atoms with van der Waals surface area (Å²) in [4.78, 5) is 31.3. The van der Waals surface area contributed by atoms with E-state index in [-0.39, 0.29) is 17.6 Å². The van der Waals surface area contributed by atoms with Gasteiger partial charge in [-0.05, 0) is 60.2 Å². The molecule has 178 valence electrons. The van der Waals surface area contributed by atoms with Crippen LogP contribution in [-0.4, -0.2) is 17.6 Å². The number of hydrogen-bond donors (Lipinski definition) is 0. The smallest absolute Gasteiger partial charge is 0.337 e. The molecule has 0 fully saturated rings. The Balaban J connectivity index is 1.55. The monoisotopic (exact) mass is 492 g/mol. The maximum absolute atomic E-state index is 13.8. The van der Waals surface area contributed by atoms with Crippen LogP contribution < -0.4 is 14.9 Å². The lowest BCUT2D eigenvalue weighted by atomic mass is 9.83. The number of carbonyl (C=O) groups excluding carboxylic acids is 1. The van der Waals surface area contributed by atoms with Crippen LogP contribution in [0.15, 0.2) is 88.2 Å². The lowest BCUT2D eigenvalue weighted by molar-refractivity contribution is 0.0600. The van der Waals surface area contributed by atoms with Crippen LogP contribution in [-0.2, 0) is 11.2 Å². The van der Waals surface area contributed by atoms with Crippen molar-refractivity contribution in [2.24, 2.45) is 4.99 Å². The highest BCUT2D eigenvalue weighted by molar-refractivity contribution is 7.07. The van der Waals surface area contributed by atoms with E-state index >= 15 is 0 Å². The predicted octanol–water partition coefficient (Wildman–Crippen LogP) is 4.41. The summed E-state index contributed by atoms with van der Waals surface area (Å²) < 4.78 is 7.26. The van der Waals surface area contributed by atoms with Crippen LogP contribution in [0.1, 0.15) is 50.6 Å². The lowest BCUT2D eigenvalue weighted by Gasteiger charge is -2.30. The molecular weight excluding hydrogens is 468 g/mol. The van der Waals surface area contributed by atoms with Crippen LogP contribution in [0.5, 0.6) is 0 Å². The number of nitrogens with zero attached hydrogens (tertiary/aromatic N) is 2. The molecule has 1 atom stereocenters. The van der Waals surface area contributed by atoms with Crippen LogP contribution in [0.4, 0.5) is 0 Å². The highest BCUT2D eigenvalue weighted by Crippen LogP contribution is 2.41. The van der Waals surface area contributed by atoms with Crippen molar-refractivity contribution in [3.8, 4) is 0 Å². The van der Waals surface area contributed by atoms with Gasteiger partial charge < -0.3 is 4.74 Å². The van der Waals surface area contributed by atoms with E-state index in [2.05, 4.69) is 55.5 Å². The van der Waals surface area contributed by atoms with Crippen molar-refractivity contribution in [2.75, 3.05) is 7.11 Å². The average molecular weight is 493 g/mol. The van der Waals surface area contributed by atoms with Gasteiger partial charge in [-0.15, -0.1) is 0 Å². The first-order chi connectivity index (χ1) is 17.5. The minimum Gasteiger partial charge on any atom is -0.465 e. The van der Waals surface area contributed by atoms with E-state index in [9.17, 15) is 9.59 Å². The molecule has 0 amide bonds. The molecule has 0 N–H and O–H groups in total. The maximum atomic E-state index is 13.8. The molecule has 0 saturated carbocycles. The number of hydrogen-bond acceptors (Lipinski definition) is 5. The second kappa shape index (κ2) is 8.88. The van der Waals surface area contributed by atoms with Gasteiger partial charge >= 0.3 is 5.97 Å². The van der Waals surface area contributed by atoms with Gasteiger partial charge in [0.2, 0.25) is 0 Å². The van der Waals surface area contributed by atoms with Crippen LogP contribution in [0.25, 0.3) is 11.8 Å². The van der Waals surface area contributed by atoms with Crippen LogP contribution in [0.3, 0.4) is 0 Å². The Morgan fingerprint density at radius 1 is 1.03 bits per heavy atom. The number of benzene rings is 3. The van der Waals surface area contributed by atoms with Crippen molar-refractivity contribution in [1.82, 2.24) is 4.57 Å². The molecule has 0 bridgehead atoms. The van der Waals surface area contributed by atoms with E-state index in [1.807, 2.05) is 22.8 Å². The van der Waals surface area contributed by atoms with E-state index in [0.29, 0.717) is 14.9 Å². The second-order valence-corrected chi connectivity index (χ2v) is 10.1. The molecule has 2 aliphatic rings. The van der Waals surface area contributed by atoms with Crippen molar-refractivity contribution in [3.05, 3.63) is 131 Å². The zero-order valence-corrected chi connectivity index (χ0v) is 20.8. The average Bonchev–Trinajstić information content (AvgIpc) is 3.22. The zero-order chi connectivity index (χ0) is 24.8. The van der Waals surface area contributed by atoms with Gasteiger partial charge in [-0.25, -0.2) is 9.79 Å². The summed E-state index contributed by atoms with van der Waals surface area (Å²) >= 11 is 1.41. The summed E-state index contributed by atoms with van der Waals surface area (Å²) in [7, 11) is 1.36. The largest absolute Gasteiger partial charge is 0.465 e. The van der Waals surface area contributed by atoms with Crippen LogP contribution >= 0.6 is 11.3 Å². The number of carbonyl (C=O) groups is 1. The fourth-order valence-electron chi connectivity index (χ4n) is 5.06. The van der Waals surface area contributed by atoms with Crippen LogP contribution in [0.2, 0.25) is 0 Å². The molecule has 0 radical (unpaired) electrons. The molecule has 5 nitrogen and oxygen atoms in total. The number of allylic oxidation sites excluding steroid dienone is 1. The molecule has 6 heteroatoms. The number of aromatic nitrogens is 1. The molecule has 1 aliphatic heterocycles. The number of esters is 1. The fraction of sp³-hybridized carbons (Fsp3) is 0.167. The van der Waals surface area contributed by atoms with Gasteiger partial charge in [0.15, 0.2) is 4.80 Å². The van der Waals surface area contributed by atoms with Gasteiger partial charge in [-0.2, -0.15) is 0 Å². The molecule has 4 aromatic rings. The van der Waals surface area contributed by atoms with E-state index in [1.54, 1.807) is 12.1 Å². The van der Waals surface area contributed by atoms with Crippen molar-refractivity contribution < 1.29 is 9.53 Å².